The van der Waals surface area contributed by atoms with Gasteiger partial charge in [0.15, 0.2) is 0 Å². The number of ether oxygens (including phenoxy) is 4. The molecule has 0 aliphatic rings. The quantitative estimate of drug-likeness (QED) is 0.402. The van der Waals surface area contributed by atoms with Crippen LogP contribution in [0.15, 0.2) is 49.1 Å². The van der Waals surface area contributed by atoms with Gasteiger partial charge in [-0.1, -0.05) is 36.9 Å². The standard InChI is InChI=1S/C23H32O6/c1-9-11-19(27-21(25)29-23(6,7)8)17-14-12-16(13-15-17)18(10-2)26-20(24)28-22(3,4)5/h9-15,18-19H,2H2,1,3-8H3/b11-9+. The summed E-state index contributed by atoms with van der Waals surface area (Å²) >= 11 is 0. The third kappa shape index (κ3) is 9.32. The lowest BCUT2D eigenvalue weighted by molar-refractivity contribution is -0.0205. The molecule has 0 spiro atoms. The van der Waals surface area contributed by atoms with Gasteiger partial charge in [-0.3, -0.25) is 0 Å². The molecule has 0 radical (unpaired) electrons. The van der Waals surface area contributed by atoms with Crippen LogP contribution in [0.25, 0.3) is 0 Å². The Bertz CT molecular complexity index is 719. The molecular weight excluding hydrogens is 372 g/mol. The normalized spacial score (nSPS) is 14.0. The Labute approximate surface area is 173 Å². The van der Waals surface area contributed by atoms with Gasteiger partial charge in [-0.2, -0.15) is 0 Å². The maximum Gasteiger partial charge on any atom is 0.509 e. The predicted molar refractivity (Wildman–Crippen MR) is 112 cm³/mol. The van der Waals surface area contributed by atoms with Gasteiger partial charge in [-0.15, -0.1) is 0 Å². The summed E-state index contributed by atoms with van der Waals surface area (Å²) < 4.78 is 21.2. The number of allylic oxidation sites excluding steroid dienone is 1. The van der Waals surface area contributed by atoms with Gasteiger partial charge < -0.3 is 18.9 Å². The van der Waals surface area contributed by atoms with Crippen LogP contribution in [-0.4, -0.2) is 23.5 Å². The molecule has 2 unspecified atom stereocenters. The highest BCUT2D eigenvalue weighted by atomic mass is 16.7. The SMILES string of the molecule is C=CC(OC(=O)OC(C)(C)C)c1ccc(C(/C=C/C)OC(=O)OC(C)(C)C)cc1. The molecule has 0 fully saturated rings. The van der Waals surface area contributed by atoms with Crippen LogP contribution < -0.4 is 0 Å². The van der Waals surface area contributed by atoms with Crippen molar-refractivity contribution in [3.63, 3.8) is 0 Å². The van der Waals surface area contributed by atoms with Gasteiger partial charge in [0.05, 0.1) is 0 Å². The van der Waals surface area contributed by atoms with Crippen LogP contribution >= 0.6 is 0 Å². The molecule has 2 atom stereocenters. The van der Waals surface area contributed by atoms with Gasteiger partial charge in [0.2, 0.25) is 0 Å². The van der Waals surface area contributed by atoms with Crippen molar-refractivity contribution in [2.24, 2.45) is 0 Å². The maximum atomic E-state index is 12.0. The Hall–Kier alpha value is -2.76. The second-order valence-electron chi connectivity index (χ2n) is 8.43. The molecule has 0 saturated heterocycles. The van der Waals surface area contributed by atoms with Crippen LogP contribution in [0.1, 0.15) is 71.8 Å². The van der Waals surface area contributed by atoms with Gasteiger partial charge in [-0.05, 0) is 71.7 Å². The largest absolute Gasteiger partial charge is 0.509 e. The van der Waals surface area contributed by atoms with Crippen LogP contribution in [0.2, 0.25) is 0 Å². The molecule has 1 rings (SSSR count). The first-order valence-electron chi connectivity index (χ1n) is 9.49. The minimum absolute atomic E-state index is 0.599. The van der Waals surface area contributed by atoms with E-state index in [9.17, 15) is 9.59 Å². The molecule has 1 aromatic carbocycles. The lowest BCUT2D eigenvalue weighted by Crippen LogP contribution is -2.25. The summed E-state index contributed by atoms with van der Waals surface area (Å²) in [6, 6.07) is 7.14. The summed E-state index contributed by atoms with van der Waals surface area (Å²) in [6.07, 6.45) is 2.28. The van der Waals surface area contributed by atoms with Crippen molar-refractivity contribution in [3.05, 3.63) is 60.2 Å². The number of benzene rings is 1. The van der Waals surface area contributed by atoms with Crippen molar-refractivity contribution in [1.29, 1.82) is 0 Å². The van der Waals surface area contributed by atoms with E-state index in [0.29, 0.717) is 5.56 Å². The zero-order valence-electron chi connectivity index (χ0n) is 18.4. The van der Waals surface area contributed by atoms with Crippen LogP contribution in [0.4, 0.5) is 9.59 Å². The third-order valence-corrected chi connectivity index (χ3v) is 3.40. The maximum absolute atomic E-state index is 12.0. The van der Waals surface area contributed by atoms with E-state index in [1.54, 1.807) is 78.0 Å². The highest BCUT2D eigenvalue weighted by Gasteiger charge is 2.23. The van der Waals surface area contributed by atoms with Crippen LogP contribution in [0.5, 0.6) is 0 Å². The fourth-order valence-electron chi connectivity index (χ4n) is 2.28. The van der Waals surface area contributed by atoms with E-state index in [1.807, 2.05) is 6.92 Å². The van der Waals surface area contributed by atoms with E-state index in [1.165, 1.54) is 6.08 Å². The fraction of sp³-hybridized carbons (Fsp3) is 0.478. The molecule has 6 heteroatoms. The summed E-state index contributed by atoms with van der Waals surface area (Å²) in [7, 11) is 0. The first kappa shape index (κ1) is 24.3. The molecule has 0 saturated carbocycles. The fourth-order valence-corrected chi connectivity index (χ4v) is 2.28. The number of hydrogen-bond acceptors (Lipinski definition) is 6. The molecule has 160 valence electrons. The Morgan fingerprint density at radius 2 is 1.21 bits per heavy atom. The van der Waals surface area contributed by atoms with Gasteiger partial charge in [0.1, 0.15) is 23.4 Å². The molecule has 0 aliphatic heterocycles. The van der Waals surface area contributed by atoms with Gasteiger partial charge in [0.25, 0.3) is 0 Å². The Morgan fingerprint density at radius 1 is 0.828 bits per heavy atom. The molecule has 0 aliphatic carbocycles. The molecule has 29 heavy (non-hydrogen) atoms. The number of hydrogen-bond donors (Lipinski definition) is 0. The molecular formula is C23H32O6. The molecule has 0 aromatic heterocycles. The zero-order chi connectivity index (χ0) is 22.2. The second-order valence-corrected chi connectivity index (χ2v) is 8.43. The smallest absolute Gasteiger partial charge is 0.429 e. The van der Waals surface area contributed by atoms with Crippen molar-refractivity contribution in [2.75, 3.05) is 0 Å². The van der Waals surface area contributed by atoms with E-state index in [-0.39, 0.29) is 0 Å². The van der Waals surface area contributed by atoms with Gasteiger partial charge in [-0.25, -0.2) is 9.59 Å². The molecule has 0 N–H and O–H groups in total. The number of carbonyl (C=O) groups excluding carboxylic acids is 2. The van der Waals surface area contributed by atoms with Crippen LogP contribution in [-0.2, 0) is 18.9 Å². The number of carbonyl (C=O) groups is 2. The lowest BCUT2D eigenvalue weighted by Gasteiger charge is -2.22. The lowest BCUT2D eigenvalue weighted by atomic mass is 10.0. The molecule has 1 aromatic rings. The first-order chi connectivity index (χ1) is 13.3. The molecule has 6 nitrogen and oxygen atoms in total. The average Bonchev–Trinajstić information content (AvgIpc) is 2.56. The monoisotopic (exact) mass is 404 g/mol. The number of rotatable bonds is 6. The van der Waals surface area contributed by atoms with E-state index in [4.69, 9.17) is 18.9 Å². The Balaban J connectivity index is 2.91. The molecule has 0 amide bonds. The predicted octanol–water partition coefficient (Wildman–Crippen LogP) is 6.43. The van der Waals surface area contributed by atoms with E-state index >= 15 is 0 Å². The molecule has 0 heterocycles. The van der Waals surface area contributed by atoms with Crippen molar-refractivity contribution in [1.82, 2.24) is 0 Å². The summed E-state index contributed by atoms with van der Waals surface area (Å²) in [5.41, 5.74) is 0.173. The van der Waals surface area contributed by atoms with E-state index < -0.39 is 35.7 Å². The second kappa shape index (κ2) is 10.1. The third-order valence-electron chi connectivity index (χ3n) is 3.40. The highest BCUT2D eigenvalue weighted by Crippen LogP contribution is 2.26. The van der Waals surface area contributed by atoms with Crippen molar-refractivity contribution >= 4 is 12.3 Å². The Morgan fingerprint density at radius 3 is 1.55 bits per heavy atom. The Kier molecular flexibility index (Phi) is 8.49. The summed E-state index contributed by atoms with van der Waals surface area (Å²) in [6.45, 7) is 16.2. The van der Waals surface area contributed by atoms with Crippen molar-refractivity contribution in [3.8, 4) is 0 Å². The first-order valence-corrected chi connectivity index (χ1v) is 9.49. The van der Waals surface area contributed by atoms with Crippen LogP contribution in [0.3, 0.4) is 0 Å². The average molecular weight is 405 g/mol. The van der Waals surface area contributed by atoms with Gasteiger partial charge in [0, 0.05) is 0 Å². The molecule has 0 bridgehead atoms. The van der Waals surface area contributed by atoms with Crippen LogP contribution in [0, 0.1) is 0 Å². The van der Waals surface area contributed by atoms with Gasteiger partial charge >= 0.3 is 12.3 Å². The zero-order valence-corrected chi connectivity index (χ0v) is 18.4. The minimum Gasteiger partial charge on any atom is -0.429 e. The van der Waals surface area contributed by atoms with E-state index in [0.717, 1.165) is 5.56 Å². The summed E-state index contributed by atoms with van der Waals surface area (Å²) in [5.74, 6) is 0. The topological polar surface area (TPSA) is 71.1 Å². The van der Waals surface area contributed by atoms with Crippen molar-refractivity contribution in [2.45, 2.75) is 71.9 Å². The minimum atomic E-state index is -0.772. The summed E-state index contributed by atoms with van der Waals surface area (Å²) in [4.78, 5) is 23.9. The summed E-state index contributed by atoms with van der Waals surface area (Å²) in [5, 5.41) is 0. The van der Waals surface area contributed by atoms with Crippen molar-refractivity contribution < 1.29 is 28.5 Å². The van der Waals surface area contributed by atoms with E-state index in [2.05, 4.69) is 6.58 Å². The highest BCUT2D eigenvalue weighted by molar-refractivity contribution is 5.62.